The van der Waals surface area contributed by atoms with E-state index in [4.69, 9.17) is 4.42 Å². The summed E-state index contributed by atoms with van der Waals surface area (Å²) in [7, 11) is 0. The smallest absolute Gasteiger partial charge is 0.287 e. The van der Waals surface area contributed by atoms with Gasteiger partial charge in [-0.1, -0.05) is 42.5 Å². The number of rotatable bonds is 3. The summed E-state index contributed by atoms with van der Waals surface area (Å²) < 4.78 is 5.98. The molecule has 0 radical (unpaired) electrons. The molecule has 4 nitrogen and oxygen atoms in total. The molecule has 1 unspecified atom stereocenters. The topological polar surface area (TPSA) is 55.1 Å². The number of amides is 1. The van der Waals surface area contributed by atoms with Crippen LogP contribution in [0.3, 0.4) is 0 Å². The van der Waals surface area contributed by atoms with Crippen molar-refractivity contribution in [2.24, 2.45) is 0 Å². The van der Waals surface area contributed by atoms with Crippen LogP contribution in [0.1, 0.15) is 34.6 Å². The number of furan rings is 1. The molecule has 2 aromatic heterocycles. The molecule has 1 atom stereocenters. The number of aryl methyl sites for hydroxylation is 1. The van der Waals surface area contributed by atoms with E-state index in [1.54, 1.807) is 12.4 Å². The Kier molecular flexibility index (Phi) is 3.73. The maximum absolute atomic E-state index is 12.7. The van der Waals surface area contributed by atoms with Crippen LogP contribution in [0.2, 0.25) is 0 Å². The van der Waals surface area contributed by atoms with Crippen LogP contribution in [0, 0.1) is 6.92 Å². The van der Waals surface area contributed by atoms with Gasteiger partial charge in [-0.15, -0.1) is 0 Å². The quantitative estimate of drug-likeness (QED) is 0.588. The zero-order valence-corrected chi connectivity index (χ0v) is 14.1. The van der Waals surface area contributed by atoms with E-state index in [0.717, 1.165) is 32.9 Å². The van der Waals surface area contributed by atoms with E-state index >= 15 is 0 Å². The van der Waals surface area contributed by atoms with Crippen molar-refractivity contribution in [3.05, 3.63) is 77.8 Å². The van der Waals surface area contributed by atoms with Crippen LogP contribution in [0.15, 0.2) is 65.3 Å². The van der Waals surface area contributed by atoms with Crippen LogP contribution >= 0.6 is 0 Å². The first-order chi connectivity index (χ1) is 12.1. The maximum atomic E-state index is 12.7. The Hall–Kier alpha value is -3.14. The van der Waals surface area contributed by atoms with Crippen molar-refractivity contribution < 1.29 is 9.21 Å². The summed E-state index contributed by atoms with van der Waals surface area (Å²) in [5.74, 6) is 0.149. The van der Waals surface area contributed by atoms with E-state index in [-0.39, 0.29) is 11.9 Å². The monoisotopic (exact) mass is 330 g/mol. The van der Waals surface area contributed by atoms with Crippen molar-refractivity contribution >= 4 is 27.6 Å². The van der Waals surface area contributed by atoms with E-state index in [2.05, 4.69) is 16.4 Å². The fourth-order valence-corrected chi connectivity index (χ4v) is 3.14. The lowest BCUT2D eigenvalue weighted by molar-refractivity contribution is 0.0913. The molecule has 0 aliphatic heterocycles. The second-order valence-corrected chi connectivity index (χ2v) is 6.20. The molecular formula is C21H18N2O2. The van der Waals surface area contributed by atoms with Crippen molar-refractivity contribution in [1.29, 1.82) is 0 Å². The molecule has 0 saturated heterocycles. The number of hydrogen-bond donors (Lipinski definition) is 1. The molecule has 0 spiro atoms. The zero-order valence-electron chi connectivity index (χ0n) is 14.1. The molecule has 2 heterocycles. The zero-order chi connectivity index (χ0) is 17.4. The van der Waals surface area contributed by atoms with E-state index < -0.39 is 0 Å². The van der Waals surface area contributed by atoms with Crippen LogP contribution in [0.25, 0.3) is 21.7 Å². The minimum absolute atomic E-state index is 0.148. The second kappa shape index (κ2) is 6.06. The van der Waals surface area contributed by atoms with E-state index in [0.29, 0.717) is 5.76 Å². The van der Waals surface area contributed by atoms with E-state index in [9.17, 15) is 4.79 Å². The Labute approximate surface area is 145 Å². The summed E-state index contributed by atoms with van der Waals surface area (Å²) in [6.45, 7) is 3.85. The normalized spacial score (nSPS) is 12.4. The minimum atomic E-state index is -0.214. The predicted octanol–water partition coefficient (Wildman–Crippen LogP) is 4.78. The second-order valence-electron chi connectivity index (χ2n) is 6.20. The molecule has 25 heavy (non-hydrogen) atoms. The van der Waals surface area contributed by atoms with E-state index in [1.165, 1.54) is 0 Å². The van der Waals surface area contributed by atoms with Crippen LogP contribution < -0.4 is 5.32 Å². The Morgan fingerprint density at radius 2 is 1.92 bits per heavy atom. The summed E-state index contributed by atoms with van der Waals surface area (Å²) in [6.07, 6.45) is 3.47. The molecule has 0 aliphatic rings. The van der Waals surface area contributed by atoms with Crippen LogP contribution in [0.5, 0.6) is 0 Å². The van der Waals surface area contributed by atoms with Crippen molar-refractivity contribution in [1.82, 2.24) is 10.3 Å². The van der Waals surface area contributed by atoms with E-state index in [1.807, 2.05) is 56.3 Å². The number of nitrogens with zero attached hydrogens (tertiary/aromatic N) is 1. The molecule has 124 valence electrons. The SMILES string of the molecule is Cc1c(C(=O)NC(C)c2cccnc2)oc2c1ccc1ccccc12. The fourth-order valence-electron chi connectivity index (χ4n) is 3.14. The average molecular weight is 330 g/mol. The summed E-state index contributed by atoms with van der Waals surface area (Å²) in [5.41, 5.74) is 2.57. The van der Waals surface area contributed by atoms with Gasteiger partial charge in [0.15, 0.2) is 5.76 Å². The van der Waals surface area contributed by atoms with Gasteiger partial charge in [0.05, 0.1) is 6.04 Å². The molecule has 1 N–H and O–H groups in total. The third-order valence-corrected chi connectivity index (χ3v) is 4.57. The molecule has 4 rings (SSSR count). The number of carbonyl (C=O) groups excluding carboxylic acids is 1. The van der Waals surface area contributed by atoms with Gasteiger partial charge in [0, 0.05) is 28.7 Å². The molecule has 4 aromatic rings. The lowest BCUT2D eigenvalue weighted by atomic mass is 10.1. The highest BCUT2D eigenvalue weighted by Gasteiger charge is 2.20. The fraction of sp³-hybridized carbons (Fsp3) is 0.143. The molecule has 4 heteroatoms. The van der Waals surface area contributed by atoms with Gasteiger partial charge in [0.2, 0.25) is 0 Å². The lowest BCUT2D eigenvalue weighted by Gasteiger charge is -2.12. The molecule has 1 amide bonds. The first kappa shape index (κ1) is 15.4. The maximum Gasteiger partial charge on any atom is 0.287 e. The number of aromatic nitrogens is 1. The predicted molar refractivity (Wildman–Crippen MR) is 98.6 cm³/mol. The lowest BCUT2D eigenvalue weighted by Crippen LogP contribution is -2.26. The van der Waals surface area contributed by atoms with Gasteiger partial charge in [-0.05, 0) is 30.9 Å². The summed E-state index contributed by atoms with van der Waals surface area (Å²) in [4.78, 5) is 16.8. The first-order valence-corrected chi connectivity index (χ1v) is 8.27. The Bertz CT molecular complexity index is 1070. The van der Waals surface area contributed by atoms with Crippen molar-refractivity contribution in [3.8, 4) is 0 Å². The standard InChI is InChI=1S/C21H18N2O2/c1-13-17-10-9-15-6-3-4-8-18(15)20(17)25-19(13)21(24)23-14(2)16-7-5-11-22-12-16/h3-12,14H,1-2H3,(H,23,24). The van der Waals surface area contributed by atoms with Crippen molar-refractivity contribution in [2.75, 3.05) is 0 Å². The van der Waals surface area contributed by atoms with Gasteiger partial charge < -0.3 is 9.73 Å². The van der Waals surface area contributed by atoms with Crippen LogP contribution in [-0.2, 0) is 0 Å². The Morgan fingerprint density at radius 3 is 2.72 bits per heavy atom. The van der Waals surface area contributed by atoms with Crippen molar-refractivity contribution in [3.63, 3.8) is 0 Å². The Balaban J connectivity index is 1.72. The molecule has 2 aromatic carbocycles. The van der Waals surface area contributed by atoms with Gasteiger partial charge in [-0.2, -0.15) is 0 Å². The molecule has 0 saturated carbocycles. The van der Waals surface area contributed by atoms with Gasteiger partial charge in [0.25, 0.3) is 5.91 Å². The summed E-state index contributed by atoms with van der Waals surface area (Å²) >= 11 is 0. The number of pyridine rings is 1. The number of fused-ring (bicyclic) bond motifs is 3. The summed E-state index contributed by atoms with van der Waals surface area (Å²) in [5, 5.41) is 6.07. The summed E-state index contributed by atoms with van der Waals surface area (Å²) in [6, 6.07) is 15.7. The highest BCUT2D eigenvalue weighted by molar-refractivity contribution is 6.08. The number of hydrogen-bond acceptors (Lipinski definition) is 3. The number of nitrogens with one attached hydrogen (secondary N) is 1. The molecule has 0 bridgehead atoms. The third-order valence-electron chi connectivity index (χ3n) is 4.57. The van der Waals surface area contributed by atoms with Gasteiger partial charge >= 0.3 is 0 Å². The van der Waals surface area contributed by atoms with Crippen LogP contribution in [-0.4, -0.2) is 10.9 Å². The van der Waals surface area contributed by atoms with Gasteiger partial charge in [-0.25, -0.2) is 0 Å². The number of benzene rings is 2. The van der Waals surface area contributed by atoms with Gasteiger partial charge in [0.1, 0.15) is 5.58 Å². The molecular weight excluding hydrogens is 312 g/mol. The molecule has 0 aliphatic carbocycles. The van der Waals surface area contributed by atoms with Crippen LogP contribution in [0.4, 0.5) is 0 Å². The third kappa shape index (κ3) is 2.66. The number of carbonyl (C=O) groups is 1. The minimum Gasteiger partial charge on any atom is -0.450 e. The highest BCUT2D eigenvalue weighted by Crippen LogP contribution is 2.31. The highest BCUT2D eigenvalue weighted by atomic mass is 16.3. The van der Waals surface area contributed by atoms with Crippen molar-refractivity contribution in [2.45, 2.75) is 19.9 Å². The first-order valence-electron chi connectivity index (χ1n) is 8.27. The Morgan fingerprint density at radius 1 is 1.08 bits per heavy atom. The average Bonchev–Trinajstić information content (AvgIpc) is 3.00. The largest absolute Gasteiger partial charge is 0.450 e. The molecule has 0 fully saturated rings. The van der Waals surface area contributed by atoms with Gasteiger partial charge in [-0.3, -0.25) is 9.78 Å².